The van der Waals surface area contributed by atoms with Gasteiger partial charge in [0, 0.05) is 47.6 Å². The molecule has 8 heteroatoms. The zero-order chi connectivity index (χ0) is 26.4. The minimum atomic E-state index is -4.72. The van der Waals surface area contributed by atoms with E-state index in [9.17, 15) is 13.2 Å². The maximum absolute atomic E-state index is 12.6. The Morgan fingerprint density at radius 2 is 1.55 bits per heavy atom. The van der Waals surface area contributed by atoms with E-state index in [4.69, 9.17) is 14.7 Å². The van der Waals surface area contributed by atoms with Crippen LogP contribution in [-0.4, -0.2) is 41.6 Å². The predicted molar refractivity (Wildman–Crippen MR) is 141 cm³/mol. The third kappa shape index (κ3) is 5.05. The van der Waals surface area contributed by atoms with E-state index >= 15 is 0 Å². The molecule has 1 saturated carbocycles. The zero-order valence-electron chi connectivity index (χ0n) is 21.2. The van der Waals surface area contributed by atoms with Crippen molar-refractivity contribution in [2.24, 2.45) is 0 Å². The van der Waals surface area contributed by atoms with E-state index in [2.05, 4.69) is 41.7 Å². The molecule has 6 rings (SSSR count). The van der Waals surface area contributed by atoms with Gasteiger partial charge in [-0.05, 0) is 68.0 Å². The molecule has 0 unspecified atom stereocenters. The molecule has 5 nitrogen and oxygen atoms in total. The molecule has 2 aromatic carbocycles. The van der Waals surface area contributed by atoms with E-state index in [1.165, 1.54) is 17.7 Å². The molecule has 2 aliphatic rings. The minimum Gasteiger partial charge on any atom is -0.406 e. The lowest BCUT2D eigenvalue weighted by molar-refractivity contribution is -0.274. The molecule has 0 bridgehead atoms. The summed E-state index contributed by atoms with van der Waals surface area (Å²) in [6.45, 7) is 5.79. The van der Waals surface area contributed by atoms with Crippen molar-refractivity contribution in [1.29, 1.82) is 0 Å². The second-order valence-corrected chi connectivity index (χ2v) is 10.2. The van der Waals surface area contributed by atoms with Gasteiger partial charge in [-0.25, -0.2) is 4.98 Å². The lowest BCUT2D eigenvalue weighted by atomic mass is 9.92. The van der Waals surface area contributed by atoms with Crippen molar-refractivity contribution in [2.45, 2.75) is 51.2 Å². The van der Waals surface area contributed by atoms with Gasteiger partial charge < -0.3 is 14.4 Å². The Balaban J connectivity index is 1.35. The second-order valence-electron chi connectivity index (χ2n) is 10.2. The van der Waals surface area contributed by atoms with Crippen LogP contribution in [0.3, 0.4) is 0 Å². The first kappa shape index (κ1) is 24.7. The lowest BCUT2D eigenvalue weighted by Gasteiger charge is -2.36. The van der Waals surface area contributed by atoms with Gasteiger partial charge in [0.05, 0.1) is 17.7 Å². The van der Waals surface area contributed by atoms with Crippen LogP contribution >= 0.6 is 0 Å². The summed E-state index contributed by atoms with van der Waals surface area (Å²) in [5, 5.41) is 1.07. The van der Waals surface area contributed by atoms with Crippen LogP contribution in [0.2, 0.25) is 0 Å². The Morgan fingerprint density at radius 3 is 2.18 bits per heavy atom. The first-order chi connectivity index (χ1) is 18.2. The summed E-state index contributed by atoms with van der Waals surface area (Å²) in [6, 6.07) is 16.1. The van der Waals surface area contributed by atoms with Gasteiger partial charge in [-0.15, -0.1) is 13.2 Å². The first-order valence-electron chi connectivity index (χ1n) is 12.9. The van der Waals surface area contributed by atoms with Gasteiger partial charge >= 0.3 is 6.36 Å². The van der Waals surface area contributed by atoms with E-state index in [1.54, 1.807) is 12.1 Å². The molecule has 2 aromatic heterocycles. The zero-order valence-corrected chi connectivity index (χ0v) is 21.2. The number of hydrogen-bond acceptors (Lipinski definition) is 5. The van der Waals surface area contributed by atoms with Crippen LogP contribution in [0.25, 0.3) is 33.2 Å². The fourth-order valence-electron chi connectivity index (χ4n) is 5.45. The van der Waals surface area contributed by atoms with Crippen molar-refractivity contribution >= 4 is 16.7 Å². The summed E-state index contributed by atoms with van der Waals surface area (Å²) in [7, 11) is 0. The van der Waals surface area contributed by atoms with Gasteiger partial charge in [-0.1, -0.05) is 30.3 Å². The van der Waals surface area contributed by atoms with Crippen LogP contribution in [0.5, 0.6) is 5.75 Å². The smallest absolute Gasteiger partial charge is 0.406 e. The average Bonchev–Trinajstić information content (AvgIpc) is 3.72. The number of fused-ring (bicyclic) bond motifs is 1. The van der Waals surface area contributed by atoms with Crippen molar-refractivity contribution in [3.05, 3.63) is 72.6 Å². The number of benzene rings is 2. The van der Waals surface area contributed by atoms with Crippen molar-refractivity contribution in [3.63, 3.8) is 0 Å². The number of pyridine rings is 2. The number of halogens is 3. The van der Waals surface area contributed by atoms with Crippen molar-refractivity contribution in [1.82, 2.24) is 9.97 Å². The number of para-hydroxylation sites is 1. The molecule has 3 heterocycles. The van der Waals surface area contributed by atoms with Gasteiger partial charge in [0.2, 0.25) is 0 Å². The number of rotatable bonds is 5. The highest BCUT2D eigenvalue weighted by molar-refractivity contribution is 5.98. The van der Waals surface area contributed by atoms with Crippen LogP contribution in [0.15, 0.2) is 67.0 Å². The van der Waals surface area contributed by atoms with Gasteiger partial charge in [-0.3, -0.25) is 4.98 Å². The molecule has 38 heavy (non-hydrogen) atoms. The Kier molecular flexibility index (Phi) is 6.22. The van der Waals surface area contributed by atoms with E-state index in [0.717, 1.165) is 64.9 Å². The van der Waals surface area contributed by atoms with Gasteiger partial charge in [0.25, 0.3) is 0 Å². The molecular weight excluding hydrogens is 491 g/mol. The summed E-state index contributed by atoms with van der Waals surface area (Å²) in [5.74, 6) is 1.15. The highest BCUT2D eigenvalue weighted by Gasteiger charge is 2.31. The number of morpholine rings is 1. The molecular formula is C30H28F3N3O2. The standard InChI is InChI=1S/C30H28F3N3O2/c1-18-16-36(17-19(2)37-18)27-13-10-22(14-34-27)26-15-35-29-24(4-3-5-25(29)28(26)21-6-7-21)20-8-11-23(12-9-20)38-30(31,32)33/h3-5,8-15,18-19,21H,6-7,16-17H2,1-2H3/t18-,19+. The Labute approximate surface area is 219 Å². The maximum atomic E-state index is 12.6. The molecule has 2 fully saturated rings. The quantitative estimate of drug-likeness (QED) is 0.276. The Morgan fingerprint density at radius 1 is 0.842 bits per heavy atom. The van der Waals surface area contributed by atoms with Crippen molar-refractivity contribution in [3.8, 4) is 28.0 Å². The van der Waals surface area contributed by atoms with Crippen LogP contribution in [0, 0.1) is 0 Å². The molecule has 0 spiro atoms. The predicted octanol–water partition coefficient (Wildman–Crippen LogP) is 7.35. The molecule has 1 aliphatic carbocycles. The van der Waals surface area contributed by atoms with Crippen molar-refractivity contribution in [2.75, 3.05) is 18.0 Å². The largest absolute Gasteiger partial charge is 0.573 e. The van der Waals surface area contributed by atoms with Crippen LogP contribution in [0.1, 0.15) is 38.2 Å². The Hall–Kier alpha value is -3.65. The molecule has 1 aliphatic heterocycles. The highest BCUT2D eigenvalue weighted by atomic mass is 19.4. The molecule has 1 saturated heterocycles. The third-order valence-electron chi connectivity index (χ3n) is 7.13. The number of nitrogens with zero attached hydrogens (tertiary/aromatic N) is 3. The van der Waals surface area contributed by atoms with Gasteiger partial charge in [0.1, 0.15) is 11.6 Å². The average molecular weight is 520 g/mol. The van der Waals surface area contributed by atoms with Gasteiger partial charge in [-0.2, -0.15) is 0 Å². The summed E-state index contributed by atoms with van der Waals surface area (Å²) in [5.41, 5.74) is 5.86. The summed E-state index contributed by atoms with van der Waals surface area (Å²) in [4.78, 5) is 11.9. The van der Waals surface area contributed by atoms with Crippen LogP contribution in [-0.2, 0) is 4.74 Å². The van der Waals surface area contributed by atoms with Crippen LogP contribution in [0.4, 0.5) is 19.0 Å². The number of hydrogen-bond donors (Lipinski definition) is 0. The summed E-state index contributed by atoms with van der Waals surface area (Å²) >= 11 is 0. The highest BCUT2D eigenvalue weighted by Crippen LogP contribution is 2.48. The number of alkyl halides is 3. The van der Waals surface area contributed by atoms with Crippen molar-refractivity contribution < 1.29 is 22.6 Å². The third-order valence-corrected chi connectivity index (χ3v) is 7.13. The topological polar surface area (TPSA) is 47.5 Å². The Bertz CT molecular complexity index is 1440. The van der Waals surface area contributed by atoms with Gasteiger partial charge in [0.15, 0.2) is 0 Å². The molecule has 196 valence electrons. The molecule has 0 N–H and O–H groups in total. The monoisotopic (exact) mass is 519 g/mol. The number of aromatic nitrogens is 2. The van der Waals surface area contributed by atoms with E-state index in [-0.39, 0.29) is 18.0 Å². The molecule has 0 amide bonds. The number of anilines is 1. The summed E-state index contributed by atoms with van der Waals surface area (Å²) < 4.78 is 47.6. The first-order valence-corrected chi connectivity index (χ1v) is 12.9. The lowest BCUT2D eigenvalue weighted by Crippen LogP contribution is -2.45. The van der Waals surface area contributed by atoms with E-state index in [1.807, 2.05) is 24.5 Å². The maximum Gasteiger partial charge on any atom is 0.573 e. The normalized spacial score (nSPS) is 20.1. The second kappa shape index (κ2) is 9.58. The van der Waals surface area contributed by atoms with E-state index < -0.39 is 6.36 Å². The fraction of sp³-hybridized carbons (Fsp3) is 0.333. The van der Waals surface area contributed by atoms with Crippen LogP contribution < -0.4 is 9.64 Å². The fourth-order valence-corrected chi connectivity index (χ4v) is 5.45. The molecule has 2 atom stereocenters. The summed E-state index contributed by atoms with van der Waals surface area (Å²) in [6.07, 6.45) is 1.69. The van der Waals surface area contributed by atoms with E-state index in [0.29, 0.717) is 5.92 Å². The number of ether oxygens (including phenoxy) is 2. The minimum absolute atomic E-state index is 0.161. The molecule has 0 radical (unpaired) electrons. The SMILES string of the molecule is C[C@@H]1CN(c2ccc(-c3cnc4c(-c5ccc(OC(F)(F)F)cc5)cccc4c3C3CC3)cn2)C[C@H](C)O1. The molecule has 4 aromatic rings.